The summed E-state index contributed by atoms with van der Waals surface area (Å²) < 4.78 is 7.09. The molecule has 1 heterocycles. The number of hydrogen-bond acceptors (Lipinski definition) is 4. The van der Waals surface area contributed by atoms with Crippen LogP contribution in [0.3, 0.4) is 0 Å². The molecule has 106 valence electrons. The van der Waals surface area contributed by atoms with Gasteiger partial charge in [-0.1, -0.05) is 12.1 Å². The number of nitrogens with zero attached hydrogens (tertiary/aromatic N) is 2. The number of nitrogens with two attached hydrogens (primary N) is 1. The van der Waals surface area contributed by atoms with Crippen molar-refractivity contribution in [3.8, 4) is 5.75 Å². The normalized spacial score (nSPS) is 10.5. The Morgan fingerprint density at radius 1 is 1.35 bits per heavy atom. The van der Waals surface area contributed by atoms with E-state index in [1.807, 2.05) is 31.2 Å². The van der Waals surface area contributed by atoms with Gasteiger partial charge >= 0.3 is 0 Å². The lowest BCUT2D eigenvalue weighted by atomic mass is 10.2. The lowest BCUT2D eigenvalue weighted by Crippen LogP contribution is -2.23. The maximum absolute atomic E-state index is 11.6. The molecule has 0 saturated heterocycles. The van der Waals surface area contributed by atoms with Crippen LogP contribution in [0.4, 0.5) is 0 Å². The first-order chi connectivity index (χ1) is 9.69. The van der Waals surface area contributed by atoms with Crippen LogP contribution in [-0.2, 0) is 13.1 Å². The first-order valence-corrected chi connectivity index (χ1v) is 6.64. The van der Waals surface area contributed by atoms with E-state index in [1.54, 1.807) is 12.3 Å². The molecule has 0 aliphatic carbocycles. The second-order valence-electron chi connectivity index (χ2n) is 4.65. The smallest absolute Gasteiger partial charge is 0.266 e. The van der Waals surface area contributed by atoms with Crippen molar-refractivity contribution in [1.29, 1.82) is 0 Å². The van der Waals surface area contributed by atoms with E-state index in [-0.39, 0.29) is 5.56 Å². The third-order valence-corrected chi connectivity index (χ3v) is 2.92. The van der Waals surface area contributed by atoms with Crippen molar-refractivity contribution >= 4 is 0 Å². The topological polar surface area (TPSA) is 70.1 Å². The molecule has 1 aromatic heterocycles. The van der Waals surface area contributed by atoms with Gasteiger partial charge in [-0.3, -0.25) is 4.79 Å². The molecule has 0 atom stereocenters. The minimum Gasteiger partial charge on any atom is -0.494 e. The maximum Gasteiger partial charge on any atom is 0.266 e. The third-order valence-electron chi connectivity index (χ3n) is 2.92. The van der Waals surface area contributed by atoms with Crippen LogP contribution in [0.2, 0.25) is 0 Å². The molecule has 0 saturated carbocycles. The van der Waals surface area contributed by atoms with Crippen molar-refractivity contribution in [3.63, 3.8) is 0 Å². The van der Waals surface area contributed by atoms with E-state index >= 15 is 0 Å². The second kappa shape index (κ2) is 6.86. The monoisotopic (exact) mass is 273 g/mol. The summed E-state index contributed by atoms with van der Waals surface area (Å²) in [4.78, 5) is 11.6. The van der Waals surface area contributed by atoms with E-state index in [2.05, 4.69) is 5.10 Å². The average Bonchev–Trinajstić information content (AvgIpc) is 2.45. The summed E-state index contributed by atoms with van der Waals surface area (Å²) >= 11 is 0. The lowest BCUT2D eigenvalue weighted by Gasteiger charge is -2.08. The van der Waals surface area contributed by atoms with Gasteiger partial charge in [-0.25, -0.2) is 4.68 Å². The molecule has 2 aromatic rings. The molecule has 5 nitrogen and oxygen atoms in total. The molecule has 0 aliphatic rings. The third kappa shape index (κ3) is 3.93. The van der Waals surface area contributed by atoms with E-state index in [1.165, 1.54) is 4.68 Å². The zero-order valence-corrected chi connectivity index (χ0v) is 11.6. The molecular weight excluding hydrogens is 254 g/mol. The van der Waals surface area contributed by atoms with Crippen LogP contribution in [0.5, 0.6) is 5.75 Å². The Morgan fingerprint density at radius 3 is 2.95 bits per heavy atom. The predicted octanol–water partition coefficient (Wildman–Crippen LogP) is 1.48. The summed E-state index contributed by atoms with van der Waals surface area (Å²) in [7, 11) is 0. The van der Waals surface area contributed by atoms with Gasteiger partial charge in [0.2, 0.25) is 0 Å². The van der Waals surface area contributed by atoms with Gasteiger partial charge in [-0.2, -0.15) is 5.10 Å². The van der Waals surface area contributed by atoms with Gasteiger partial charge in [0.25, 0.3) is 5.56 Å². The standard InChI is InChI=1S/C15H19N3O2/c1-12-8-15(19)18(17-11-12)6-3-7-20-14-5-2-4-13(9-14)10-16/h2,4-5,8-9,11H,3,6-7,10,16H2,1H3. The minimum atomic E-state index is -0.0740. The second-order valence-corrected chi connectivity index (χ2v) is 4.65. The summed E-state index contributed by atoms with van der Waals surface area (Å²) in [5.41, 5.74) is 7.42. The van der Waals surface area contributed by atoms with Crippen molar-refractivity contribution in [1.82, 2.24) is 9.78 Å². The fourth-order valence-electron chi connectivity index (χ4n) is 1.86. The van der Waals surface area contributed by atoms with Crippen molar-refractivity contribution < 1.29 is 4.74 Å². The van der Waals surface area contributed by atoms with E-state index in [0.717, 1.165) is 23.3 Å². The minimum absolute atomic E-state index is 0.0740. The van der Waals surface area contributed by atoms with Crippen molar-refractivity contribution in [2.45, 2.75) is 26.4 Å². The van der Waals surface area contributed by atoms with Gasteiger partial charge in [0, 0.05) is 25.6 Å². The largest absolute Gasteiger partial charge is 0.494 e. The predicted molar refractivity (Wildman–Crippen MR) is 77.7 cm³/mol. The van der Waals surface area contributed by atoms with Crippen LogP contribution in [0.25, 0.3) is 0 Å². The summed E-state index contributed by atoms with van der Waals surface area (Å²) in [6.07, 6.45) is 2.41. The van der Waals surface area contributed by atoms with Gasteiger partial charge in [0.15, 0.2) is 0 Å². The van der Waals surface area contributed by atoms with Crippen LogP contribution in [0.1, 0.15) is 17.5 Å². The summed E-state index contributed by atoms with van der Waals surface area (Å²) in [5, 5.41) is 4.08. The Hall–Kier alpha value is -2.14. The average molecular weight is 273 g/mol. The van der Waals surface area contributed by atoms with Crippen molar-refractivity contribution in [3.05, 3.63) is 58.0 Å². The molecule has 0 spiro atoms. The Morgan fingerprint density at radius 2 is 2.20 bits per heavy atom. The first-order valence-electron chi connectivity index (χ1n) is 6.64. The number of hydrogen-bond donors (Lipinski definition) is 1. The highest BCUT2D eigenvalue weighted by molar-refractivity contribution is 5.28. The lowest BCUT2D eigenvalue weighted by molar-refractivity contribution is 0.296. The number of ether oxygens (including phenoxy) is 1. The highest BCUT2D eigenvalue weighted by Gasteiger charge is 1.99. The van der Waals surface area contributed by atoms with E-state index in [9.17, 15) is 4.79 Å². The number of rotatable bonds is 6. The number of benzene rings is 1. The van der Waals surface area contributed by atoms with Crippen LogP contribution in [0, 0.1) is 6.92 Å². The Balaban J connectivity index is 1.82. The first kappa shape index (κ1) is 14.3. The number of aromatic nitrogens is 2. The molecule has 2 N–H and O–H groups in total. The quantitative estimate of drug-likeness (QED) is 0.809. The molecule has 5 heteroatoms. The highest BCUT2D eigenvalue weighted by atomic mass is 16.5. The van der Waals surface area contributed by atoms with Crippen LogP contribution < -0.4 is 16.0 Å². The Labute approximate surface area is 118 Å². The zero-order valence-electron chi connectivity index (χ0n) is 11.6. The molecule has 0 radical (unpaired) electrons. The van der Waals surface area contributed by atoms with Gasteiger partial charge in [0.05, 0.1) is 12.8 Å². The van der Waals surface area contributed by atoms with Gasteiger partial charge in [-0.15, -0.1) is 0 Å². The van der Waals surface area contributed by atoms with Crippen LogP contribution in [0.15, 0.2) is 41.3 Å². The van der Waals surface area contributed by atoms with Gasteiger partial charge in [-0.05, 0) is 30.2 Å². The van der Waals surface area contributed by atoms with Crippen LogP contribution in [-0.4, -0.2) is 16.4 Å². The van der Waals surface area contributed by atoms with Gasteiger partial charge in [0.1, 0.15) is 5.75 Å². The summed E-state index contributed by atoms with van der Waals surface area (Å²) in [6.45, 7) is 3.44. The zero-order chi connectivity index (χ0) is 14.4. The summed E-state index contributed by atoms with van der Waals surface area (Å²) in [5.74, 6) is 0.803. The van der Waals surface area contributed by atoms with E-state index in [4.69, 9.17) is 10.5 Å². The molecular formula is C15H19N3O2. The molecule has 0 unspecified atom stereocenters. The summed E-state index contributed by atoms with van der Waals surface area (Å²) in [6, 6.07) is 9.29. The highest BCUT2D eigenvalue weighted by Crippen LogP contribution is 2.12. The van der Waals surface area contributed by atoms with E-state index in [0.29, 0.717) is 19.7 Å². The maximum atomic E-state index is 11.6. The van der Waals surface area contributed by atoms with Crippen LogP contribution >= 0.6 is 0 Å². The van der Waals surface area contributed by atoms with Crippen molar-refractivity contribution in [2.24, 2.45) is 5.73 Å². The molecule has 1 aromatic carbocycles. The SMILES string of the molecule is Cc1cnn(CCCOc2cccc(CN)c2)c(=O)c1. The Bertz CT molecular complexity index is 623. The number of aryl methyl sites for hydroxylation is 2. The van der Waals surface area contributed by atoms with Gasteiger partial charge < -0.3 is 10.5 Å². The molecule has 2 rings (SSSR count). The molecule has 0 amide bonds. The molecule has 0 fully saturated rings. The molecule has 0 aliphatic heterocycles. The van der Waals surface area contributed by atoms with Crippen molar-refractivity contribution in [2.75, 3.05) is 6.61 Å². The Kier molecular flexibility index (Phi) is 4.90. The molecule has 20 heavy (non-hydrogen) atoms. The molecule has 0 bridgehead atoms. The fraction of sp³-hybridized carbons (Fsp3) is 0.333. The van der Waals surface area contributed by atoms with E-state index < -0.39 is 0 Å². The fourth-order valence-corrected chi connectivity index (χ4v) is 1.86.